The quantitative estimate of drug-likeness (QED) is 0.509. The normalized spacial score (nSPS) is 18.1. The molecule has 0 fully saturated rings. The average molecular weight is 450 g/mol. The molecule has 8 heteroatoms. The lowest BCUT2D eigenvalue weighted by Gasteiger charge is -2.35. The van der Waals surface area contributed by atoms with Gasteiger partial charge < -0.3 is 29.6 Å². The van der Waals surface area contributed by atoms with Crippen LogP contribution in [0.4, 0.5) is 0 Å². The Morgan fingerprint density at radius 3 is 2.55 bits per heavy atom. The molecule has 0 saturated carbocycles. The third-order valence-electron chi connectivity index (χ3n) is 5.28. The van der Waals surface area contributed by atoms with Gasteiger partial charge in [-0.2, -0.15) is 0 Å². The van der Waals surface area contributed by atoms with Gasteiger partial charge in [-0.15, -0.1) is 0 Å². The number of fused-ring (bicyclic) bond motifs is 2. The fraction of sp³-hybridized carbons (Fsp3) is 0.280. The number of amides is 2. The molecule has 2 heterocycles. The summed E-state index contributed by atoms with van der Waals surface area (Å²) in [5.41, 5.74) is 0.492. The highest BCUT2D eigenvalue weighted by Gasteiger charge is 2.40. The Balaban J connectivity index is 1.46. The number of aliphatic hydroxyl groups is 1. The van der Waals surface area contributed by atoms with Crippen molar-refractivity contribution in [1.82, 2.24) is 10.6 Å². The van der Waals surface area contributed by atoms with Gasteiger partial charge in [-0.1, -0.05) is 50.8 Å². The molecule has 1 aliphatic rings. The summed E-state index contributed by atoms with van der Waals surface area (Å²) in [4.78, 5) is 25.8. The van der Waals surface area contributed by atoms with E-state index in [9.17, 15) is 14.7 Å². The van der Waals surface area contributed by atoms with Crippen LogP contribution in [0.25, 0.3) is 11.0 Å². The van der Waals surface area contributed by atoms with E-state index in [1.165, 1.54) is 0 Å². The van der Waals surface area contributed by atoms with Gasteiger partial charge >= 0.3 is 0 Å². The van der Waals surface area contributed by atoms with Gasteiger partial charge in [0.05, 0.1) is 5.70 Å². The number of carbonyl (C=O) groups is 2. The summed E-state index contributed by atoms with van der Waals surface area (Å²) < 4.78 is 16.8. The Hall–Kier alpha value is -3.78. The van der Waals surface area contributed by atoms with Crippen molar-refractivity contribution in [2.75, 3.05) is 6.61 Å². The van der Waals surface area contributed by atoms with Gasteiger partial charge in [0.1, 0.15) is 11.6 Å². The smallest absolute Gasteiger partial charge is 0.287 e. The minimum Gasteiger partial charge on any atom is -0.482 e. The number of hydrogen-bond donors (Lipinski definition) is 3. The summed E-state index contributed by atoms with van der Waals surface area (Å²) in [5, 5.41) is 17.0. The molecule has 0 saturated heterocycles. The Labute approximate surface area is 191 Å². The van der Waals surface area contributed by atoms with Gasteiger partial charge in [0.15, 0.2) is 23.9 Å². The predicted octanol–water partition coefficient (Wildman–Crippen LogP) is 3.37. The van der Waals surface area contributed by atoms with Crippen LogP contribution in [0.5, 0.6) is 11.5 Å². The molecule has 1 aromatic heterocycles. The SMILES string of the molecule is C=C(NC(=O)[C@H](CC(C)C)NC(=O)c1cc2ccccc2o1)C1(O)COc2ccccc2O1. The maximum absolute atomic E-state index is 13.0. The van der Waals surface area contributed by atoms with Crippen LogP contribution < -0.4 is 20.1 Å². The van der Waals surface area contributed by atoms with E-state index in [1.807, 2.05) is 32.0 Å². The predicted molar refractivity (Wildman–Crippen MR) is 122 cm³/mol. The van der Waals surface area contributed by atoms with Gasteiger partial charge in [0.2, 0.25) is 5.91 Å². The van der Waals surface area contributed by atoms with E-state index in [1.54, 1.807) is 36.4 Å². The summed E-state index contributed by atoms with van der Waals surface area (Å²) in [7, 11) is 0. The number of rotatable bonds is 7. The average Bonchev–Trinajstić information content (AvgIpc) is 3.22. The second-order valence-electron chi connectivity index (χ2n) is 8.39. The van der Waals surface area contributed by atoms with Crippen LogP contribution in [0.15, 0.2) is 71.3 Å². The van der Waals surface area contributed by atoms with E-state index < -0.39 is 23.6 Å². The molecule has 0 spiro atoms. The molecule has 172 valence electrons. The molecule has 0 aliphatic carbocycles. The van der Waals surface area contributed by atoms with Crippen molar-refractivity contribution >= 4 is 22.8 Å². The second kappa shape index (κ2) is 8.99. The summed E-state index contributed by atoms with van der Waals surface area (Å²) >= 11 is 0. The zero-order chi connectivity index (χ0) is 23.6. The molecule has 3 aromatic rings. The van der Waals surface area contributed by atoms with Crippen LogP contribution in [-0.4, -0.2) is 35.4 Å². The lowest BCUT2D eigenvalue weighted by atomic mass is 10.0. The van der Waals surface area contributed by atoms with Crippen molar-refractivity contribution in [2.45, 2.75) is 32.1 Å². The van der Waals surface area contributed by atoms with Crippen molar-refractivity contribution in [3.8, 4) is 11.5 Å². The van der Waals surface area contributed by atoms with E-state index in [-0.39, 0.29) is 24.0 Å². The molecule has 0 bridgehead atoms. The fourth-order valence-electron chi connectivity index (χ4n) is 3.55. The third-order valence-corrected chi connectivity index (χ3v) is 5.28. The Bertz CT molecular complexity index is 1170. The lowest BCUT2D eigenvalue weighted by Crippen LogP contribution is -2.54. The molecule has 1 aliphatic heterocycles. The molecule has 8 nitrogen and oxygen atoms in total. The minimum absolute atomic E-state index is 0.0891. The van der Waals surface area contributed by atoms with Gasteiger partial charge in [0, 0.05) is 5.39 Å². The third kappa shape index (κ3) is 4.85. The first-order valence-electron chi connectivity index (χ1n) is 10.7. The Morgan fingerprint density at radius 2 is 1.82 bits per heavy atom. The summed E-state index contributed by atoms with van der Waals surface area (Å²) in [6, 6.07) is 14.9. The zero-order valence-electron chi connectivity index (χ0n) is 18.5. The van der Waals surface area contributed by atoms with Gasteiger partial charge in [-0.3, -0.25) is 9.59 Å². The van der Waals surface area contributed by atoms with E-state index in [0.29, 0.717) is 23.5 Å². The van der Waals surface area contributed by atoms with Gasteiger partial charge in [-0.05, 0) is 36.6 Å². The van der Waals surface area contributed by atoms with E-state index in [4.69, 9.17) is 13.9 Å². The van der Waals surface area contributed by atoms with Crippen molar-refractivity contribution in [1.29, 1.82) is 0 Å². The number of benzene rings is 2. The fourth-order valence-corrected chi connectivity index (χ4v) is 3.55. The van der Waals surface area contributed by atoms with Crippen molar-refractivity contribution in [2.24, 2.45) is 5.92 Å². The molecule has 2 amide bonds. The highest BCUT2D eigenvalue weighted by atomic mass is 16.7. The highest BCUT2D eigenvalue weighted by molar-refractivity contribution is 5.98. The molecule has 3 N–H and O–H groups in total. The van der Waals surface area contributed by atoms with E-state index in [0.717, 1.165) is 5.39 Å². The van der Waals surface area contributed by atoms with E-state index >= 15 is 0 Å². The molecule has 1 unspecified atom stereocenters. The molecule has 4 rings (SSSR count). The molecular formula is C25H26N2O6. The van der Waals surface area contributed by atoms with Gasteiger partial charge in [-0.25, -0.2) is 0 Å². The maximum atomic E-state index is 13.0. The summed E-state index contributed by atoms with van der Waals surface area (Å²) in [6.45, 7) is 7.40. The first-order chi connectivity index (χ1) is 15.7. The van der Waals surface area contributed by atoms with Crippen molar-refractivity contribution in [3.05, 3.63) is 72.6 Å². The molecule has 2 atom stereocenters. The standard InChI is InChI=1S/C25H26N2O6/c1-15(2)12-18(27-24(29)22-13-17-8-4-5-9-19(17)32-22)23(28)26-16(3)25(30)14-31-20-10-6-7-11-21(20)33-25/h4-11,13,15,18,30H,3,12,14H2,1-2H3,(H,26,28)(H,27,29)/t18-,25?/m0/s1. The number of nitrogens with one attached hydrogen (secondary N) is 2. The van der Waals surface area contributed by atoms with Crippen LogP contribution in [0.3, 0.4) is 0 Å². The monoisotopic (exact) mass is 450 g/mol. The Morgan fingerprint density at radius 1 is 1.12 bits per heavy atom. The van der Waals surface area contributed by atoms with Crippen molar-refractivity contribution in [3.63, 3.8) is 0 Å². The minimum atomic E-state index is -1.95. The summed E-state index contributed by atoms with van der Waals surface area (Å²) in [6.07, 6.45) is 0.365. The molecule has 0 radical (unpaired) electrons. The zero-order valence-corrected chi connectivity index (χ0v) is 18.5. The summed E-state index contributed by atoms with van der Waals surface area (Å²) in [5.74, 6) is -1.97. The molecular weight excluding hydrogens is 424 g/mol. The van der Waals surface area contributed by atoms with E-state index in [2.05, 4.69) is 17.2 Å². The molecule has 2 aromatic carbocycles. The van der Waals surface area contributed by atoms with Crippen LogP contribution in [0, 0.1) is 5.92 Å². The second-order valence-corrected chi connectivity index (χ2v) is 8.39. The maximum Gasteiger partial charge on any atom is 0.287 e. The molecule has 33 heavy (non-hydrogen) atoms. The van der Waals surface area contributed by atoms with Crippen LogP contribution >= 0.6 is 0 Å². The number of carbonyl (C=O) groups excluding carboxylic acids is 2. The van der Waals surface area contributed by atoms with Crippen molar-refractivity contribution < 1.29 is 28.6 Å². The van der Waals surface area contributed by atoms with Crippen LogP contribution in [-0.2, 0) is 4.79 Å². The first kappa shape index (κ1) is 22.4. The first-order valence-corrected chi connectivity index (χ1v) is 10.7. The number of ether oxygens (including phenoxy) is 2. The van der Waals surface area contributed by atoms with Crippen LogP contribution in [0.2, 0.25) is 0 Å². The van der Waals surface area contributed by atoms with Crippen LogP contribution in [0.1, 0.15) is 30.8 Å². The number of para-hydroxylation sites is 3. The topological polar surface area (TPSA) is 110 Å². The number of hydrogen-bond acceptors (Lipinski definition) is 6. The number of furan rings is 1. The largest absolute Gasteiger partial charge is 0.482 e. The highest BCUT2D eigenvalue weighted by Crippen LogP contribution is 2.35. The Kier molecular flexibility index (Phi) is 6.11. The van der Waals surface area contributed by atoms with Gasteiger partial charge in [0.25, 0.3) is 11.7 Å². The lowest BCUT2D eigenvalue weighted by molar-refractivity contribution is -0.152.